The van der Waals surface area contributed by atoms with Crippen LogP contribution < -0.4 is 5.32 Å². The van der Waals surface area contributed by atoms with Crippen molar-refractivity contribution in [2.75, 3.05) is 7.11 Å². The van der Waals surface area contributed by atoms with E-state index >= 15 is 0 Å². The van der Waals surface area contributed by atoms with E-state index in [-0.39, 0.29) is 11.9 Å². The van der Waals surface area contributed by atoms with Gasteiger partial charge in [0.15, 0.2) is 0 Å². The number of ether oxygens (including phenoxy) is 1. The number of carbonyl (C=O) groups excluding carboxylic acids is 2. The van der Waals surface area contributed by atoms with Crippen LogP contribution in [-0.2, 0) is 16.6 Å². The zero-order chi connectivity index (χ0) is 19.4. The van der Waals surface area contributed by atoms with Crippen LogP contribution in [0.5, 0.6) is 0 Å². The maximum Gasteiger partial charge on any atom is 0.338 e. The molecule has 0 saturated heterocycles. The molecule has 2 aromatic rings. The lowest BCUT2D eigenvalue weighted by molar-refractivity contribution is 0.0599. The van der Waals surface area contributed by atoms with Gasteiger partial charge in [0.2, 0.25) is 0 Å². The summed E-state index contributed by atoms with van der Waals surface area (Å²) in [5.41, 5.74) is 3.41. The summed E-state index contributed by atoms with van der Waals surface area (Å²) in [6.07, 6.45) is 0. The maximum atomic E-state index is 11.4. The van der Waals surface area contributed by atoms with E-state index in [0.717, 1.165) is 32.8 Å². The second kappa shape index (κ2) is 10.2. The van der Waals surface area contributed by atoms with Crippen molar-refractivity contribution in [3.05, 3.63) is 62.6 Å². The van der Waals surface area contributed by atoms with Gasteiger partial charge in [-0.2, -0.15) is 0 Å². The Morgan fingerprint density at radius 1 is 1.15 bits per heavy atom. The number of amides is 1. The van der Waals surface area contributed by atoms with E-state index in [1.54, 1.807) is 0 Å². The molecule has 0 fully saturated rings. The smallest absolute Gasteiger partial charge is 0.338 e. The average molecular weight is 772 g/mol. The lowest BCUT2D eigenvalue weighted by Gasteiger charge is -2.07. The molecule has 0 atom stereocenters. The van der Waals surface area contributed by atoms with Crippen molar-refractivity contribution in [1.82, 2.24) is 5.32 Å². The van der Waals surface area contributed by atoms with Gasteiger partial charge in [-0.15, -0.1) is 0 Å². The summed E-state index contributed by atoms with van der Waals surface area (Å²) in [4.78, 5) is 22.6. The Bertz CT molecular complexity index is 875. The standard InChI is InChI=1S/C9H7Br2IO2.C8H5BrINO/c1-14-9(13)6-3-8(12)7(11)2-5(6)4-10;9-6-1-4-3-11-8(12)5(4)2-7(6)10/h2-3H,4H2,1H3;1-2H,3H2,(H,11,12). The molecule has 1 amide bonds. The molecule has 0 bridgehead atoms. The number of hydrogen-bond acceptors (Lipinski definition) is 3. The van der Waals surface area contributed by atoms with Gasteiger partial charge in [-0.05, 0) is 112 Å². The Hall–Kier alpha value is 0.280. The SMILES string of the molecule is COC(=O)c1cc(I)c(Br)cc1CBr.O=C1NCc2cc(Br)c(I)cc21. The van der Waals surface area contributed by atoms with Crippen molar-refractivity contribution in [2.45, 2.75) is 11.9 Å². The Kier molecular flexibility index (Phi) is 8.83. The Balaban J connectivity index is 0.000000189. The van der Waals surface area contributed by atoms with Gasteiger partial charge in [0.05, 0.1) is 12.7 Å². The molecule has 0 radical (unpaired) electrons. The van der Waals surface area contributed by atoms with Crippen molar-refractivity contribution in [1.29, 1.82) is 0 Å². The van der Waals surface area contributed by atoms with Crippen molar-refractivity contribution in [3.8, 4) is 0 Å². The third-order valence-electron chi connectivity index (χ3n) is 3.53. The molecule has 1 heterocycles. The van der Waals surface area contributed by atoms with Crippen molar-refractivity contribution in [2.24, 2.45) is 0 Å². The van der Waals surface area contributed by atoms with Gasteiger partial charge < -0.3 is 10.1 Å². The van der Waals surface area contributed by atoms with Crippen molar-refractivity contribution >= 4 is 105 Å². The normalized spacial score (nSPS) is 12.0. The number of rotatable bonds is 2. The minimum absolute atomic E-state index is 0.0374. The average Bonchev–Trinajstić information content (AvgIpc) is 2.97. The first-order valence-corrected chi connectivity index (χ1v) is 12.0. The number of nitrogens with one attached hydrogen (secondary N) is 1. The third-order valence-corrected chi connectivity index (χ3v) is 8.71. The zero-order valence-corrected chi connectivity index (χ0v) is 22.4. The van der Waals surface area contributed by atoms with Gasteiger partial charge in [0.25, 0.3) is 5.91 Å². The first-order valence-electron chi connectivity index (χ1n) is 7.16. The number of benzene rings is 2. The number of carbonyl (C=O) groups is 2. The second-order valence-electron chi connectivity index (χ2n) is 5.15. The Labute approximate surface area is 203 Å². The predicted molar refractivity (Wildman–Crippen MR) is 129 cm³/mol. The molecule has 1 aliphatic heterocycles. The number of halogens is 5. The highest BCUT2D eigenvalue weighted by molar-refractivity contribution is 14.1. The highest BCUT2D eigenvalue weighted by Gasteiger charge is 2.19. The topological polar surface area (TPSA) is 55.4 Å². The van der Waals surface area contributed by atoms with E-state index in [2.05, 4.69) is 98.3 Å². The molecule has 1 aliphatic rings. The molecule has 1 N–H and O–H groups in total. The van der Waals surface area contributed by atoms with E-state index in [0.29, 0.717) is 17.4 Å². The highest BCUT2D eigenvalue weighted by Crippen LogP contribution is 2.26. The summed E-state index contributed by atoms with van der Waals surface area (Å²) in [6, 6.07) is 7.63. The zero-order valence-electron chi connectivity index (χ0n) is 13.3. The first kappa shape index (κ1) is 22.6. The number of esters is 1. The van der Waals surface area contributed by atoms with Gasteiger partial charge >= 0.3 is 5.97 Å². The molecule has 138 valence electrons. The Morgan fingerprint density at radius 2 is 1.77 bits per heavy atom. The number of hydrogen-bond donors (Lipinski definition) is 1. The fourth-order valence-electron chi connectivity index (χ4n) is 2.21. The lowest BCUT2D eigenvalue weighted by atomic mass is 10.1. The quantitative estimate of drug-likeness (QED) is 0.231. The van der Waals surface area contributed by atoms with Crippen LogP contribution in [0.2, 0.25) is 0 Å². The van der Waals surface area contributed by atoms with E-state index < -0.39 is 0 Å². The molecule has 0 aromatic heterocycles. The molecule has 9 heteroatoms. The number of methoxy groups -OCH3 is 1. The Morgan fingerprint density at radius 3 is 2.38 bits per heavy atom. The maximum absolute atomic E-state index is 11.4. The van der Waals surface area contributed by atoms with E-state index in [1.165, 1.54) is 7.11 Å². The van der Waals surface area contributed by atoms with E-state index in [9.17, 15) is 9.59 Å². The van der Waals surface area contributed by atoms with E-state index in [1.807, 2.05) is 24.3 Å². The summed E-state index contributed by atoms with van der Waals surface area (Å²) in [5.74, 6) is -0.264. The summed E-state index contributed by atoms with van der Waals surface area (Å²) in [7, 11) is 1.38. The molecular formula is C17H12Br3I2NO3. The summed E-state index contributed by atoms with van der Waals surface area (Å²) in [6.45, 7) is 0.656. The van der Waals surface area contributed by atoms with Gasteiger partial charge in [-0.3, -0.25) is 4.79 Å². The molecule has 0 aliphatic carbocycles. The van der Waals surface area contributed by atoms with Crippen LogP contribution in [0.1, 0.15) is 31.8 Å². The van der Waals surface area contributed by atoms with Crippen LogP contribution in [0.25, 0.3) is 0 Å². The van der Waals surface area contributed by atoms with Crippen LogP contribution in [0.4, 0.5) is 0 Å². The molecular weight excluding hydrogens is 760 g/mol. The molecule has 26 heavy (non-hydrogen) atoms. The summed E-state index contributed by atoms with van der Waals surface area (Å²) >= 11 is 14.5. The lowest BCUT2D eigenvalue weighted by Crippen LogP contribution is -2.12. The molecule has 0 unspecified atom stereocenters. The fourth-order valence-corrected chi connectivity index (χ4v) is 4.39. The predicted octanol–water partition coefficient (Wildman–Crippen LogP) is 6.03. The van der Waals surface area contributed by atoms with Crippen LogP contribution in [-0.4, -0.2) is 19.0 Å². The van der Waals surface area contributed by atoms with Crippen LogP contribution in [0.15, 0.2) is 33.2 Å². The molecule has 3 rings (SSSR count). The number of alkyl halides is 1. The minimum atomic E-state index is -0.301. The van der Waals surface area contributed by atoms with Crippen LogP contribution in [0.3, 0.4) is 0 Å². The molecule has 2 aromatic carbocycles. The fraction of sp³-hybridized carbons (Fsp3) is 0.176. The van der Waals surface area contributed by atoms with Gasteiger partial charge in [0.1, 0.15) is 0 Å². The van der Waals surface area contributed by atoms with Gasteiger partial charge in [-0.25, -0.2) is 4.79 Å². The third kappa shape index (κ3) is 5.42. The highest BCUT2D eigenvalue weighted by atomic mass is 127. The second-order valence-corrected chi connectivity index (χ2v) is 9.75. The summed E-state index contributed by atoms with van der Waals surface area (Å²) in [5, 5.41) is 3.41. The molecule has 0 spiro atoms. The van der Waals surface area contributed by atoms with Gasteiger partial charge in [0, 0.05) is 33.5 Å². The van der Waals surface area contributed by atoms with Crippen molar-refractivity contribution < 1.29 is 14.3 Å². The van der Waals surface area contributed by atoms with E-state index in [4.69, 9.17) is 4.74 Å². The van der Waals surface area contributed by atoms with Gasteiger partial charge in [-0.1, -0.05) is 15.9 Å². The van der Waals surface area contributed by atoms with Crippen LogP contribution in [0, 0.1) is 7.14 Å². The monoisotopic (exact) mass is 769 g/mol. The van der Waals surface area contributed by atoms with Crippen molar-refractivity contribution in [3.63, 3.8) is 0 Å². The largest absolute Gasteiger partial charge is 0.465 e. The van der Waals surface area contributed by atoms with Crippen LogP contribution >= 0.6 is 93.0 Å². The molecule has 4 nitrogen and oxygen atoms in total. The molecule has 0 saturated carbocycles. The minimum Gasteiger partial charge on any atom is -0.465 e. The number of fused-ring (bicyclic) bond motifs is 1. The first-order chi connectivity index (χ1) is 12.3. The summed E-state index contributed by atoms with van der Waals surface area (Å²) < 4.78 is 8.80.